The molecule has 0 atom stereocenters. The van der Waals surface area contributed by atoms with Crippen LogP contribution in [0.3, 0.4) is 0 Å². The van der Waals surface area contributed by atoms with Gasteiger partial charge in [0.1, 0.15) is 10.8 Å². The van der Waals surface area contributed by atoms with Crippen molar-refractivity contribution in [3.05, 3.63) is 56.2 Å². The molecule has 10 heteroatoms. The number of carbonyl (C=O) groups excluding carboxylic acids is 1. The average Bonchev–Trinajstić information content (AvgIpc) is 3.22. The van der Waals surface area contributed by atoms with E-state index >= 15 is 0 Å². The van der Waals surface area contributed by atoms with Crippen molar-refractivity contribution in [3.63, 3.8) is 0 Å². The number of nitrogens with zero attached hydrogens (tertiary/aromatic N) is 1. The van der Waals surface area contributed by atoms with Crippen LogP contribution in [-0.4, -0.2) is 18.9 Å². The van der Waals surface area contributed by atoms with Crippen molar-refractivity contribution in [2.24, 2.45) is 5.14 Å². The fourth-order valence-corrected chi connectivity index (χ4v) is 5.21. The maximum Gasteiger partial charge on any atom is 0.247 e. The topological polar surface area (TPSA) is 94.2 Å². The molecule has 0 radical (unpaired) electrons. The van der Waals surface area contributed by atoms with Crippen molar-refractivity contribution < 1.29 is 13.2 Å². The molecule has 142 valence electrons. The summed E-state index contributed by atoms with van der Waals surface area (Å²) in [5, 5.41) is 9.83. The number of hydrogen-bond acceptors (Lipinski definition) is 6. The fourth-order valence-electron chi connectivity index (χ4n) is 2.42. The summed E-state index contributed by atoms with van der Waals surface area (Å²) in [6, 6.07) is 11.1. The number of nitrogens with two attached hydrogens (primary N) is 1. The molecule has 0 aliphatic rings. The number of primary sulfonamides is 1. The number of aryl methyl sites for hydroxylation is 1. The minimum absolute atomic E-state index is 0.0773. The molecule has 0 aliphatic heterocycles. The Morgan fingerprint density at radius 2 is 1.93 bits per heavy atom. The third-order valence-electron chi connectivity index (χ3n) is 3.81. The van der Waals surface area contributed by atoms with Crippen LogP contribution < -0.4 is 10.5 Å². The molecule has 1 amide bonds. The van der Waals surface area contributed by atoms with Gasteiger partial charge in [-0.2, -0.15) is 0 Å². The smallest absolute Gasteiger partial charge is 0.247 e. The molecule has 1 aromatic carbocycles. The molecule has 27 heavy (non-hydrogen) atoms. The lowest BCUT2D eigenvalue weighted by Gasteiger charge is -2.09. The predicted molar refractivity (Wildman–Crippen MR) is 111 cm³/mol. The number of thiazole rings is 1. The number of sulfonamides is 1. The molecule has 0 saturated carbocycles. The van der Waals surface area contributed by atoms with Crippen LogP contribution in [0.5, 0.6) is 0 Å². The number of aromatic nitrogens is 1. The van der Waals surface area contributed by atoms with Gasteiger partial charge in [-0.3, -0.25) is 4.79 Å². The van der Waals surface area contributed by atoms with E-state index in [9.17, 15) is 13.2 Å². The Kier molecular flexibility index (Phi) is 5.92. The zero-order valence-corrected chi connectivity index (χ0v) is 17.6. The highest BCUT2D eigenvalue weighted by Gasteiger charge is 2.13. The molecule has 3 rings (SSSR count). The molecule has 2 heterocycles. The number of rotatable bonds is 6. The first-order valence-corrected chi connectivity index (χ1v) is 11.5. The van der Waals surface area contributed by atoms with Gasteiger partial charge in [-0.1, -0.05) is 29.8 Å². The maximum atomic E-state index is 12.4. The summed E-state index contributed by atoms with van der Waals surface area (Å²) in [7, 11) is -3.72. The third-order valence-corrected chi connectivity index (χ3v) is 7.60. The van der Waals surface area contributed by atoms with E-state index in [2.05, 4.69) is 5.32 Å². The maximum absolute atomic E-state index is 12.4. The van der Waals surface area contributed by atoms with Crippen molar-refractivity contribution in [2.75, 3.05) is 0 Å². The fraction of sp³-hybridized carbons (Fsp3) is 0.176. The second kappa shape index (κ2) is 8.03. The molecule has 0 spiro atoms. The highest BCUT2D eigenvalue weighted by atomic mass is 32.2. The number of amides is 1. The van der Waals surface area contributed by atoms with Gasteiger partial charge in [-0.15, -0.1) is 22.7 Å². The van der Waals surface area contributed by atoms with Crippen LogP contribution in [0.4, 0.5) is 0 Å². The number of thiophene rings is 1. The first-order chi connectivity index (χ1) is 12.7. The molecule has 0 unspecified atom stereocenters. The molecule has 0 bridgehead atoms. The van der Waals surface area contributed by atoms with Crippen LogP contribution in [0, 0.1) is 10.9 Å². The summed E-state index contributed by atoms with van der Waals surface area (Å²) in [6.07, 6.45) is 0. The van der Waals surface area contributed by atoms with Crippen molar-refractivity contribution in [2.45, 2.75) is 24.2 Å². The van der Waals surface area contributed by atoms with Gasteiger partial charge < -0.3 is 9.88 Å². The molecule has 0 fully saturated rings. The largest absolute Gasteiger partial charge is 0.350 e. The van der Waals surface area contributed by atoms with Crippen molar-refractivity contribution in [3.8, 4) is 11.3 Å². The van der Waals surface area contributed by atoms with Gasteiger partial charge in [0.05, 0.1) is 12.2 Å². The number of benzene rings is 1. The summed E-state index contributed by atoms with van der Waals surface area (Å²) in [5.74, 6) is -0.205. The second-order valence-corrected chi connectivity index (χ2v) is 10.3. The van der Waals surface area contributed by atoms with E-state index in [0.29, 0.717) is 8.83 Å². The lowest BCUT2D eigenvalue weighted by molar-refractivity contribution is -0.121. The zero-order chi connectivity index (χ0) is 19.6. The van der Waals surface area contributed by atoms with Crippen molar-refractivity contribution >= 4 is 50.8 Å². The SMILES string of the molecule is Cc1ccc(-c2csc(=S)n2CC(=O)NCc2ccc(S(N)(=O)=O)s2)cc1. The van der Waals surface area contributed by atoms with Crippen LogP contribution in [0.2, 0.25) is 0 Å². The van der Waals surface area contributed by atoms with Crippen LogP contribution in [0.15, 0.2) is 46.0 Å². The Bertz CT molecular complexity index is 1120. The summed E-state index contributed by atoms with van der Waals surface area (Å²) in [6.45, 7) is 2.35. The Balaban J connectivity index is 1.70. The molecule has 0 saturated heterocycles. The molecular weight excluding hydrogens is 422 g/mol. The van der Waals surface area contributed by atoms with Gasteiger partial charge in [-0.05, 0) is 36.8 Å². The van der Waals surface area contributed by atoms with Gasteiger partial charge in [0, 0.05) is 10.3 Å². The Morgan fingerprint density at radius 3 is 2.56 bits per heavy atom. The van der Waals surface area contributed by atoms with E-state index in [1.165, 1.54) is 17.4 Å². The molecule has 3 N–H and O–H groups in total. The highest BCUT2D eigenvalue weighted by Crippen LogP contribution is 2.24. The van der Waals surface area contributed by atoms with Crippen LogP contribution in [0.1, 0.15) is 10.4 Å². The monoisotopic (exact) mass is 439 g/mol. The quantitative estimate of drug-likeness (QED) is 0.576. The lowest BCUT2D eigenvalue weighted by Crippen LogP contribution is -2.27. The standard InChI is InChI=1S/C17H17N3O3S4/c1-11-2-4-12(5-3-11)14-10-25-17(24)20(14)9-15(21)19-8-13-6-7-16(26-13)27(18,22)23/h2-7,10H,8-9H2,1H3,(H,19,21)(H2,18,22,23). The molecule has 0 aliphatic carbocycles. The Hall–Kier alpha value is -1.85. The van der Waals surface area contributed by atoms with E-state index in [1.54, 1.807) is 10.6 Å². The van der Waals surface area contributed by atoms with Gasteiger partial charge in [-0.25, -0.2) is 13.6 Å². The lowest BCUT2D eigenvalue weighted by atomic mass is 10.1. The van der Waals surface area contributed by atoms with Gasteiger partial charge in [0.2, 0.25) is 15.9 Å². The van der Waals surface area contributed by atoms with Gasteiger partial charge in [0.25, 0.3) is 0 Å². The predicted octanol–water partition coefficient (Wildman–Crippen LogP) is 3.28. The molecule has 3 aromatic rings. The molecule has 6 nitrogen and oxygen atoms in total. The molecule has 2 aromatic heterocycles. The third kappa shape index (κ3) is 4.90. The second-order valence-electron chi connectivity index (χ2n) is 5.88. The summed E-state index contributed by atoms with van der Waals surface area (Å²) in [4.78, 5) is 13.1. The number of nitrogens with one attached hydrogen (secondary N) is 1. The first kappa shape index (κ1) is 19.9. The van der Waals surface area contributed by atoms with Crippen LogP contribution >= 0.6 is 34.9 Å². The van der Waals surface area contributed by atoms with E-state index in [1.807, 2.05) is 36.6 Å². The molecular formula is C17H17N3O3S4. The minimum atomic E-state index is -3.72. The summed E-state index contributed by atoms with van der Waals surface area (Å²) < 4.78 is 25.1. The minimum Gasteiger partial charge on any atom is -0.350 e. The number of carbonyl (C=O) groups is 1. The van der Waals surface area contributed by atoms with Gasteiger partial charge >= 0.3 is 0 Å². The van der Waals surface area contributed by atoms with Crippen molar-refractivity contribution in [1.82, 2.24) is 9.88 Å². The summed E-state index contributed by atoms with van der Waals surface area (Å²) in [5.41, 5.74) is 3.05. The summed E-state index contributed by atoms with van der Waals surface area (Å²) >= 11 is 7.81. The average molecular weight is 440 g/mol. The number of hydrogen-bond donors (Lipinski definition) is 2. The Labute approximate surface area is 170 Å². The van der Waals surface area contributed by atoms with Gasteiger partial charge in [0.15, 0.2) is 3.95 Å². The van der Waals surface area contributed by atoms with E-state index in [-0.39, 0.29) is 23.2 Å². The first-order valence-electron chi connectivity index (χ1n) is 7.87. The Morgan fingerprint density at radius 1 is 1.22 bits per heavy atom. The zero-order valence-electron chi connectivity index (χ0n) is 14.3. The van der Waals surface area contributed by atoms with Crippen molar-refractivity contribution in [1.29, 1.82) is 0 Å². The normalized spacial score (nSPS) is 11.5. The van der Waals surface area contributed by atoms with E-state index < -0.39 is 10.0 Å². The van der Waals surface area contributed by atoms with E-state index in [0.717, 1.165) is 28.2 Å². The highest BCUT2D eigenvalue weighted by molar-refractivity contribution is 7.91. The van der Waals surface area contributed by atoms with E-state index in [4.69, 9.17) is 17.4 Å². The van der Waals surface area contributed by atoms with Crippen LogP contribution in [0.25, 0.3) is 11.3 Å². The van der Waals surface area contributed by atoms with Crippen LogP contribution in [-0.2, 0) is 27.9 Å².